The van der Waals surface area contributed by atoms with Gasteiger partial charge in [0.15, 0.2) is 5.58 Å². The van der Waals surface area contributed by atoms with E-state index in [1.165, 1.54) is 17.4 Å². The van der Waals surface area contributed by atoms with Crippen LogP contribution in [0.2, 0.25) is 0 Å². The van der Waals surface area contributed by atoms with Crippen molar-refractivity contribution < 1.29 is 9.21 Å². The molecule has 9 heteroatoms. The minimum Gasteiger partial charge on any atom is -0.408 e. The zero-order valence-corrected chi connectivity index (χ0v) is 16.0. The predicted octanol–water partition coefficient (Wildman–Crippen LogP) is 0.884. The molecule has 0 radical (unpaired) electrons. The van der Waals surface area contributed by atoms with Crippen LogP contribution in [0, 0.1) is 5.92 Å². The average molecular weight is 397 g/mol. The Labute approximate surface area is 165 Å². The van der Waals surface area contributed by atoms with Crippen LogP contribution < -0.4 is 16.8 Å². The first-order valence-electron chi connectivity index (χ1n) is 10.1. The molecule has 0 saturated heterocycles. The number of carbonyl (C=O) groups is 1. The number of benzene rings is 1. The first-order valence-corrected chi connectivity index (χ1v) is 10.1. The molecular weight excluding hydrogens is 374 g/mol. The smallest absolute Gasteiger partial charge is 0.408 e. The average Bonchev–Trinajstić information content (AvgIpc) is 3.44. The molecule has 3 aromatic rings. The largest absolute Gasteiger partial charge is 0.420 e. The van der Waals surface area contributed by atoms with Crippen LogP contribution in [0.3, 0.4) is 0 Å². The number of fused-ring (bicyclic) bond motifs is 2. The Morgan fingerprint density at radius 1 is 1.17 bits per heavy atom. The first kappa shape index (κ1) is 18.0. The summed E-state index contributed by atoms with van der Waals surface area (Å²) in [7, 11) is 0. The van der Waals surface area contributed by atoms with E-state index in [1.54, 1.807) is 33.5 Å². The molecule has 9 nitrogen and oxygen atoms in total. The maximum Gasteiger partial charge on any atom is 0.420 e. The number of hydrogen-bond donors (Lipinski definition) is 1. The number of aromatic nitrogens is 4. The van der Waals surface area contributed by atoms with Crippen LogP contribution in [0.25, 0.3) is 11.1 Å². The number of oxazole rings is 1. The number of hydrogen-bond acceptors (Lipinski definition) is 5. The summed E-state index contributed by atoms with van der Waals surface area (Å²) in [5.74, 6) is 0.610. The monoisotopic (exact) mass is 397 g/mol. The Morgan fingerprint density at radius 3 is 2.83 bits per heavy atom. The van der Waals surface area contributed by atoms with Crippen molar-refractivity contribution in [2.75, 3.05) is 0 Å². The number of nitrogens with zero attached hydrogens (tertiary/aromatic N) is 4. The minimum absolute atomic E-state index is 0.0460. The van der Waals surface area contributed by atoms with Crippen LogP contribution in [-0.2, 0) is 30.8 Å². The third-order valence-corrected chi connectivity index (χ3v) is 5.79. The van der Waals surface area contributed by atoms with E-state index in [-0.39, 0.29) is 24.2 Å². The SMILES string of the molecule is O=C(Cn1c(=O)oc2ccccc21)NC1CCc2nn(CC3CC3)c(=O)n2CC1. The summed E-state index contributed by atoms with van der Waals surface area (Å²) in [4.78, 5) is 37.2. The second kappa shape index (κ2) is 7.06. The molecule has 1 aliphatic carbocycles. The predicted molar refractivity (Wildman–Crippen MR) is 105 cm³/mol. The molecule has 1 fully saturated rings. The van der Waals surface area contributed by atoms with Gasteiger partial charge in [-0.3, -0.25) is 13.9 Å². The van der Waals surface area contributed by atoms with Crippen LogP contribution in [0.4, 0.5) is 0 Å². The zero-order valence-electron chi connectivity index (χ0n) is 16.0. The lowest BCUT2D eigenvalue weighted by Gasteiger charge is -2.16. The molecule has 2 aromatic heterocycles. The van der Waals surface area contributed by atoms with Crippen molar-refractivity contribution in [1.82, 2.24) is 24.2 Å². The summed E-state index contributed by atoms with van der Waals surface area (Å²) in [5, 5.41) is 7.51. The molecule has 1 saturated carbocycles. The summed E-state index contributed by atoms with van der Waals surface area (Å²) in [6.07, 6.45) is 4.38. The van der Waals surface area contributed by atoms with Gasteiger partial charge in [0.2, 0.25) is 5.91 Å². The van der Waals surface area contributed by atoms with Crippen molar-refractivity contribution in [2.45, 2.75) is 57.8 Å². The maximum absolute atomic E-state index is 12.6. The van der Waals surface area contributed by atoms with Gasteiger partial charge in [0.05, 0.1) is 5.52 Å². The number of aryl methyl sites for hydroxylation is 1. The highest BCUT2D eigenvalue weighted by molar-refractivity contribution is 5.79. The van der Waals surface area contributed by atoms with Gasteiger partial charge in [-0.1, -0.05) is 12.1 Å². The molecular formula is C20H23N5O4. The molecule has 0 bridgehead atoms. The Bertz CT molecular complexity index is 1180. The van der Waals surface area contributed by atoms with E-state index >= 15 is 0 Å². The van der Waals surface area contributed by atoms with Crippen molar-refractivity contribution in [3.63, 3.8) is 0 Å². The molecule has 2 aliphatic rings. The standard InChI is InChI=1S/C20H23N5O4/c26-18(12-24-15-3-1-2-4-16(15)29-20(24)28)21-14-7-8-17-22-25(11-13-5-6-13)19(27)23(17)10-9-14/h1-4,13-14H,5-12H2,(H,21,26). The van der Waals surface area contributed by atoms with Crippen molar-refractivity contribution in [3.8, 4) is 0 Å². The van der Waals surface area contributed by atoms with Gasteiger partial charge >= 0.3 is 11.4 Å². The first-order chi connectivity index (χ1) is 14.1. The lowest BCUT2D eigenvalue weighted by atomic mass is 10.1. The number of carbonyl (C=O) groups excluding carboxylic acids is 1. The Hall–Kier alpha value is -3.10. The summed E-state index contributed by atoms with van der Waals surface area (Å²) in [5.41, 5.74) is 1.02. The third-order valence-electron chi connectivity index (χ3n) is 5.79. The van der Waals surface area contributed by atoms with E-state index in [9.17, 15) is 14.4 Å². The Morgan fingerprint density at radius 2 is 2.00 bits per heavy atom. The normalized spacial score (nSPS) is 19.1. The van der Waals surface area contributed by atoms with Crippen LogP contribution in [0.5, 0.6) is 0 Å². The second-order valence-corrected chi connectivity index (χ2v) is 7.99. The van der Waals surface area contributed by atoms with Gasteiger partial charge in [-0.15, -0.1) is 0 Å². The quantitative estimate of drug-likeness (QED) is 0.688. The lowest BCUT2D eigenvalue weighted by molar-refractivity contribution is -0.122. The highest BCUT2D eigenvalue weighted by Gasteiger charge is 2.26. The molecule has 1 N–H and O–H groups in total. The van der Waals surface area contributed by atoms with Gasteiger partial charge < -0.3 is 9.73 Å². The van der Waals surface area contributed by atoms with Crippen molar-refractivity contribution >= 4 is 17.0 Å². The van der Waals surface area contributed by atoms with Gasteiger partial charge in [0, 0.05) is 25.6 Å². The van der Waals surface area contributed by atoms with E-state index in [0.29, 0.717) is 49.4 Å². The van der Waals surface area contributed by atoms with Crippen LogP contribution in [0.1, 0.15) is 31.5 Å². The number of rotatable bonds is 5. The molecule has 152 valence electrons. The fourth-order valence-corrected chi connectivity index (χ4v) is 4.02. The van der Waals surface area contributed by atoms with E-state index in [4.69, 9.17) is 4.42 Å². The highest BCUT2D eigenvalue weighted by Crippen LogP contribution is 2.30. The van der Waals surface area contributed by atoms with E-state index < -0.39 is 5.76 Å². The molecule has 1 atom stereocenters. The van der Waals surface area contributed by atoms with Crippen LogP contribution in [-0.4, -0.2) is 30.9 Å². The van der Waals surface area contributed by atoms with E-state index in [0.717, 1.165) is 5.82 Å². The van der Waals surface area contributed by atoms with E-state index in [1.807, 2.05) is 0 Å². The molecule has 1 amide bonds. The third kappa shape index (κ3) is 3.52. The fourth-order valence-electron chi connectivity index (χ4n) is 4.02. The van der Waals surface area contributed by atoms with Gasteiger partial charge in [-0.25, -0.2) is 14.3 Å². The lowest BCUT2D eigenvalue weighted by Crippen LogP contribution is -2.39. The van der Waals surface area contributed by atoms with Gasteiger partial charge in [0.25, 0.3) is 0 Å². The van der Waals surface area contributed by atoms with Crippen LogP contribution in [0.15, 0.2) is 38.3 Å². The Balaban J connectivity index is 1.24. The van der Waals surface area contributed by atoms with Gasteiger partial charge in [-0.2, -0.15) is 5.10 Å². The maximum atomic E-state index is 12.6. The van der Waals surface area contributed by atoms with E-state index in [2.05, 4.69) is 10.4 Å². The molecule has 0 spiro atoms. The number of para-hydroxylation sites is 2. The van der Waals surface area contributed by atoms with Crippen molar-refractivity contribution in [1.29, 1.82) is 0 Å². The minimum atomic E-state index is -0.543. The molecule has 5 rings (SSSR count). The topological polar surface area (TPSA) is 104 Å². The van der Waals surface area contributed by atoms with Gasteiger partial charge in [0.1, 0.15) is 12.4 Å². The number of amides is 1. The van der Waals surface area contributed by atoms with Crippen molar-refractivity contribution in [3.05, 3.63) is 51.1 Å². The second-order valence-electron chi connectivity index (χ2n) is 7.99. The molecule has 29 heavy (non-hydrogen) atoms. The summed E-state index contributed by atoms with van der Waals surface area (Å²) in [6, 6.07) is 6.98. The molecule has 1 unspecified atom stereocenters. The molecule has 3 heterocycles. The fraction of sp³-hybridized carbons (Fsp3) is 0.500. The summed E-state index contributed by atoms with van der Waals surface area (Å²) >= 11 is 0. The highest BCUT2D eigenvalue weighted by atomic mass is 16.4. The van der Waals surface area contributed by atoms with Gasteiger partial charge in [-0.05, 0) is 43.7 Å². The molecule has 1 aromatic carbocycles. The van der Waals surface area contributed by atoms with Crippen molar-refractivity contribution in [2.24, 2.45) is 5.92 Å². The van der Waals surface area contributed by atoms with Crippen LogP contribution >= 0.6 is 0 Å². The molecule has 1 aliphatic heterocycles. The zero-order chi connectivity index (χ0) is 20.0. The summed E-state index contributed by atoms with van der Waals surface area (Å²) in [6.45, 7) is 1.16. The number of nitrogens with one attached hydrogen (secondary N) is 1. The Kier molecular flexibility index (Phi) is 4.37. The summed E-state index contributed by atoms with van der Waals surface area (Å²) < 4.78 is 9.85.